The van der Waals surface area contributed by atoms with E-state index in [0.717, 1.165) is 17.7 Å². The smallest absolute Gasteiger partial charge is 0.233 e. The molecule has 1 fully saturated rings. The molecule has 4 heteroatoms. The van der Waals surface area contributed by atoms with Gasteiger partial charge in [-0.05, 0) is 31.4 Å². The van der Waals surface area contributed by atoms with Gasteiger partial charge >= 0.3 is 0 Å². The highest BCUT2D eigenvalue weighted by molar-refractivity contribution is 8.00. The van der Waals surface area contributed by atoms with Crippen molar-refractivity contribution in [1.29, 1.82) is 0 Å². The van der Waals surface area contributed by atoms with E-state index in [-0.39, 0.29) is 12.5 Å². The number of aliphatic hydroxyl groups excluding tert-OH is 1. The van der Waals surface area contributed by atoms with Crippen molar-refractivity contribution in [2.24, 2.45) is 0 Å². The number of carbonyl (C=O) groups is 1. The van der Waals surface area contributed by atoms with Crippen molar-refractivity contribution < 1.29 is 9.90 Å². The van der Waals surface area contributed by atoms with Gasteiger partial charge in [0, 0.05) is 17.5 Å². The van der Waals surface area contributed by atoms with Gasteiger partial charge < -0.3 is 10.0 Å². The monoisotopic (exact) mass is 293 g/mol. The van der Waals surface area contributed by atoms with Gasteiger partial charge in [0.05, 0.1) is 12.4 Å². The van der Waals surface area contributed by atoms with Crippen LogP contribution in [0.25, 0.3) is 0 Å². The fraction of sp³-hybridized carbons (Fsp3) is 0.562. The molecule has 1 aliphatic carbocycles. The second-order valence-corrected chi connectivity index (χ2v) is 6.32. The summed E-state index contributed by atoms with van der Waals surface area (Å²) in [5.41, 5.74) is 1.21. The molecule has 0 heterocycles. The lowest BCUT2D eigenvalue weighted by Crippen LogP contribution is -2.41. The van der Waals surface area contributed by atoms with Crippen LogP contribution in [0.5, 0.6) is 0 Å². The highest BCUT2D eigenvalue weighted by Gasteiger charge is 2.26. The Hall–Kier alpha value is -1.00. The summed E-state index contributed by atoms with van der Waals surface area (Å²) in [5.74, 6) is 0.612. The van der Waals surface area contributed by atoms with Gasteiger partial charge in [-0.3, -0.25) is 4.79 Å². The van der Waals surface area contributed by atoms with Crippen LogP contribution < -0.4 is 0 Å². The Kier molecular flexibility index (Phi) is 5.92. The molecule has 2 rings (SSSR count). The van der Waals surface area contributed by atoms with Gasteiger partial charge in [-0.15, -0.1) is 11.8 Å². The van der Waals surface area contributed by atoms with Crippen molar-refractivity contribution in [3.05, 3.63) is 29.8 Å². The van der Waals surface area contributed by atoms with Crippen molar-refractivity contribution >= 4 is 17.7 Å². The molecule has 1 N–H and O–H groups in total. The van der Waals surface area contributed by atoms with Gasteiger partial charge in [0.1, 0.15) is 0 Å². The zero-order valence-corrected chi connectivity index (χ0v) is 12.9. The van der Waals surface area contributed by atoms with Gasteiger partial charge in [-0.25, -0.2) is 0 Å². The third-order valence-electron chi connectivity index (χ3n) is 3.87. The summed E-state index contributed by atoms with van der Waals surface area (Å²) in [6, 6.07) is 8.47. The molecule has 1 saturated carbocycles. The molecule has 0 radical (unpaired) electrons. The second-order valence-electron chi connectivity index (χ2n) is 5.30. The fourth-order valence-electron chi connectivity index (χ4n) is 2.78. The van der Waals surface area contributed by atoms with E-state index >= 15 is 0 Å². The third-order valence-corrected chi connectivity index (χ3v) is 5.03. The van der Waals surface area contributed by atoms with Crippen LogP contribution >= 0.6 is 11.8 Å². The molecule has 110 valence electrons. The normalized spacial score (nSPS) is 15.5. The molecule has 1 amide bonds. The highest BCUT2D eigenvalue weighted by Crippen LogP contribution is 2.26. The molecule has 0 saturated heterocycles. The van der Waals surface area contributed by atoms with Crippen LogP contribution in [-0.2, 0) is 4.79 Å². The van der Waals surface area contributed by atoms with Crippen molar-refractivity contribution in [2.45, 2.75) is 43.5 Å². The van der Waals surface area contributed by atoms with Crippen molar-refractivity contribution in [1.82, 2.24) is 4.90 Å². The quantitative estimate of drug-likeness (QED) is 0.820. The average Bonchev–Trinajstić information content (AvgIpc) is 2.97. The zero-order valence-electron chi connectivity index (χ0n) is 12.0. The summed E-state index contributed by atoms with van der Waals surface area (Å²) in [7, 11) is 0. The van der Waals surface area contributed by atoms with E-state index in [1.165, 1.54) is 18.4 Å². The number of hydrogen-bond acceptors (Lipinski definition) is 3. The molecular formula is C16H23NO2S. The Morgan fingerprint density at radius 2 is 2.05 bits per heavy atom. The predicted molar refractivity (Wildman–Crippen MR) is 83.0 cm³/mol. The summed E-state index contributed by atoms with van der Waals surface area (Å²) < 4.78 is 0. The average molecular weight is 293 g/mol. The number of hydrogen-bond donors (Lipinski definition) is 1. The minimum Gasteiger partial charge on any atom is -0.395 e. The minimum atomic E-state index is 0.0528. The molecule has 1 aromatic rings. The van der Waals surface area contributed by atoms with Crippen LogP contribution in [0.15, 0.2) is 29.2 Å². The topological polar surface area (TPSA) is 40.5 Å². The van der Waals surface area contributed by atoms with Crippen LogP contribution in [0.4, 0.5) is 0 Å². The fourth-order valence-corrected chi connectivity index (χ4v) is 3.69. The first kappa shape index (κ1) is 15.4. The van der Waals surface area contributed by atoms with E-state index in [0.29, 0.717) is 18.3 Å². The number of nitrogens with zero attached hydrogens (tertiary/aromatic N) is 1. The molecule has 0 bridgehead atoms. The Morgan fingerprint density at radius 1 is 1.35 bits per heavy atom. The Bertz CT molecular complexity index is 444. The molecule has 0 atom stereocenters. The van der Waals surface area contributed by atoms with Crippen molar-refractivity contribution in [3.8, 4) is 0 Å². The standard InChI is InChI=1S/C16H23NO2S/c1-13-6-2-5-9-15(13)20-12-16(19)17(10-11-18)14-7-3-4-8-14/h2,5-6,9,14,18H,3-4,7-8,10-12H2,1H3. The summed E-state index contributed by atoms with van der Waals surface area (Å²) in [4.78, 5) is 15.4. The Labute approximate surface area is 125 Å². The van der Waals surface area contributed by atoms with Crippen molar-refractivity contribution in [2.75, 3.05) is 18.9 Å². The maximum Gasteiger partial charge on any atom is 0.233 e. The van der Waals surface area contributed by atoms with Gasteiger partial charge in [0.2, 0.25) is 5.91 Å². The van der Waals surface area contributed by atoms with E-state index in [9.17, 15) is 9.90 Å². The maximum atomic E-state index is 12.4. The molecular weight excluding hydrogens is 270 g/mol. The lowest BCUT2D eigenvalue weighted by Gasteiger charge is -2.28. The summed E-state index contributed by atoms with van der Waals surface area (Å²) in [5, 5.41) is 9.17. The van der Waals surface area contributed by atoms with E-state index in [1.807, 2.05) is 17.0 Å². The number of aliphatic hydroxyl groups is 1. The number of aryl methyl sites for hydroxylation is 1. The van der Waals surface area contributed by atoms with E-state index in [2.05, 4.69) is 19.1 Å². The zero-order chi connectivity index (χ0) is 14.4. The number of thioether (sulfide) groups is 1. The number of amides is 1. The van der Waals surface area contributed by atoms with Gasteiger partial charge in [0.25, 0.3) is 0 Å². The van der Waals surface area contributed by atoms with Crippen LogP contribution in [0.1, 0.15) is 31.2 Å². The summed E-state index contributed by atoms with van der Waals surface area (Å²) in [6.07, 6.45) is 4.57. The largest absolute Gasteiger partial charge is 0.395 e. The highest BCUT2D eigenvalue weighted by atomic mass is 32.2. The van der Waals surface area contributed by atoms with E-state index < -0.39 is 0 Å². The van der Waals surface area contributed by atoms with E-state index in [1.54, 1.807) is 11.8 Å². The van der Waals surface area contributed by atoms with Crippen LogP contribution in [-0.4, -0.2) is 40.9 Å². The maximum absolute atomic E-state index is 12.4. The van der Waals surface area contributed by atoms with Crippen LogP contribution in [0.3, 0.4) is 0 Å². The van der Waals surface area contributed by atoms with E-state index in [4.69, 9.17) is 0 Å². The second kappa shape index (κ2) is 7.70. The molecule has 0 spiro atoms. The SMILES string of the molecule is Cc1ccccc1SCC(=O)N(CCO)C1CCCC1. The molecule has 3 nitrogen and oxygen atoms in total. The summed E-state index contributed by atoms with van der Waals surface area (Å²) >= 11 is 1.60. The number of carbonyl (C=O) groups excluding carboxylic acids is 1. The first-order chi connectivity index (χ1) is 9.72. The first-order valence-corrected chi connectivity index (χ1v) is 8.29. The Balaban J connectivity index is 1.93. The molecule has 20 heavy (non-hydrogen) atoms. The summed E-state index contributed by atoms with van der Waals surface area (Å²) in [6.45, 7) is 2.59. The molecule has 0 aliphatic heterocycles. The van der Waals surface area contributed by atoms with Crippen LogP contribution in [0.2, 0.25) is 0 Å². The predicted octanol–water partition coefficient (Wildman–Crippen LogP) is 2.85. The Morgan fingerprint density at radius 3 is 2.70 bits per heavy atom. The van der Waals surface area contributed by atoms with Crippen molar-refractivity contribution in [3.63, 3.8) is 0 Å². The molecule has 1 aromatic carbocycles. The number of rotatable bonds is 6. The third kappa shape index (κ3) is 4.00. The minimum absolute atomic E-state index is 0.0528. The van der Waals surface area contributed by atoms with Crippen LogP contribution in [0, 0.1) is 6.92 Å². The van der Waals surface area contributed by atoms with Gasteiger partial charge in [0.15, 0.2) is 0 Å². The van der Waals surface area contributed by atoms with Gasteiger partial charge in [-0.2, -0.15) is 0 Å². The molecule has 0 aromatic heterocycles. The lowest BCUT2D eigenvalue weighted by atomic mass is 10.2. The lowest BCUT2D eigenvalue weighted by molar-refractivity contribution is -0.131. The molecule has 0 unspecified atom stereocenters. The number of benzene rings is 1. The van der Waals surface area contributed by atoms with Gasteiger partial charge in [-0.1, -0.05) is 31.0 Å². The molecule has 1 aliphatic rings. The first-order valence-electron chi connectivity index (χ1n) is 7.31.